The van der Waals surface area contributed by atoms with Crippen molar-refractivity contribution in [2.75, 3.05) is 0 Å². The molecule has 0 aliphatic heterocycles. The number of hydrogen-bond acceptors (Lipinski definition) is 6. The van der Waals surface area contributed by atoms with Gasteiger partial charge in [-0.2, -0.15) is 0 Å². The molecule has 1 aromatic heterocycles. The first-order chi connectivity index (χ1) is 18.6. The average molecular weight is 525 g/mol. The molecule has 2 rings (SSSR count). The summed E-state index contributed by atoms with van der Waals surface area (Å²) in [5, 5.41) is 0. The minimum Gasteiger partial charge on any atom is -0.427 e. The lowest BCUT2D eigenvalue weighted by atomic mass is 10.1. The average Bonchev–Trinajstić information content (AvgIpc) is 2.92. The highest BCUT2D eigenvalue weighted by Crippen LogP contribution is 2.21. The Labute approximate surface area is 230 Å². The third kappa shape index (κ3) is 14.3. The monoisotopic (exact) mass is 524 g/mol. The third-order valence-electron chi connectivity index (χ3n) is 6.67. The van der Waals surface area contributed by atoms with Crippen molar-refractivity contribution in [3.8, 4) is 22.9 Å². The molecule has 6 nitrogen and oxygen atoms in total. The lowest BCUT2D eigenvalue weighted by Crippen LogP contribution is -2.08. The SMILES string of the molecule is CCCCCCCCCCCCC(=O)Oc1ccc(-c2ncc(OC(=O)CCCCCCCC)cn2)cc1. The van der Waals surface area contributed by atoms with Gasteiger partial charge in [-0.3, -0.25) is 9.59 Å². The van der Waals surface area contributed by atoms with Crippen LogP contribution in [0.1, 0.15) is 129 Å². The fraction of sp³-hybridized carbons (Fsp3) is 0.625. The van der Waals surface area contributed by atoms with Crippen LogP contribution >= 0.6 is 0 Å². The van der Waals surface area contributed by atoms with E-state index in [0.717, 1.165) is 37.7 Å². The largest absolute Gasteiger partial charge is 0.427 e. The quantitative estimate of drug-likeness (QED) is 0.0921. The molecule has 0 saturated heterocycles. The molecule has 0 bridgehead atoms. The van der Waals surface area contributed by atoms with Gasteiger partial charge in [-0.1, -0.05) is 104 Å². The number of unbranched alkanes of at least 4 members (excludes halogenated alkanes) is 14. The molecule has 2 aromatic rings. The van der Waals surface area contributed by atoms with Crippen LogP contribution in [0, 0.1) is 0 Å². The summed E-state index contributed by atoms with van der Waals surface area (Å²) in [6.07, 6.45) is 23.0. The second-order valence-corrected chi connectivity index (χ2v) is 10.2. The number of benzene rings is 1. The minimum atomic E-state index is -0.249. The van der Waals surface area contributed by atoms with E-state index >= 15 is 0 Å². The zero-order valence-corrected chi connectivity index (χ0v) is 23.7. The topological polar surface area (TPSA) is 78.4 Å². The molecule has 6 heteroatoms. The lowest BCUT2D eigenvalue weighted by Gasteiger charge is -2.07. The molecule has 0 atom stereocenters. The van der Waals surface area contributed by atoms with Crippen LogP contribution in [0.4, 0.5) is 0 Å². The van der Waals surface area contributed by atoms with E-state index in [1.54, 1.807) is 12.1 Å². The van der Waals surface area contributed by atoms with Gasteiger partial charge in [0.15, 0.2) is 11.6 Å². The normalized spacial score (nSPS) is 10.9. The number of carbonyl (C=O) groups excluding carboxylic acids is 2. The van der Waals surface area contributed by atoms with E-state index in [1.165, 1.54) is 83.0 Å². The first-order valence-corrected chi connectivity index (χ1v) is 15.0. The van der Waals surface area contributed by atoms with Crippen molar-refractivity contribution in [1.82, 2.24) is 9.97 Å². The molecule has 1 heterocycles. The van der Waals surface area contributed by atoms with Crippen LogP contribution in [0.3, 0.4) is 0 Å². The second kappa shape index (κ2) is 20.2. The van der Waals surface area contributed by atoms with Crippen LogP contribution in [-0.2, 0) is 9.59 Å². The minimum absolute atomic E-state index is 0.194. The molecule has 0 aliphatic rings. The predicted molar refractivity (Wildman–Crippen MR) is 153 cm³/mol. The molecular formula is C32H48N2O4. The molecule has 38 heavy (non-hydrogen) atoms. The van der Waals surface area contributed by atoms with Crippen molar-refractivity contribution in [3.63, 3.8) is 0 Å². The molecule has 0 N–H and O–H groups in total. The summed E-state index contributed by atoms with van der Waals surface area (Å²) in [5.41, 5.74) is 0.796. The Morgan fingerprint density at radius 1 is 0.553 bits per heavy atom. The molecular weight excluding hydrogens is 476 g/mol. The van der Waals surface area contributed by atoms with Crippen molar-refractivity contribution in [3.05, 3.63) is 36.7 Å². The molecule has 210 valence electrons. The van der Waals surface area contributed by atoms with E-state index in [2.05, 4.69) is 23.8 Å². The Balaban J connectivity index is 1.62. The van der Waals surface area contributed by atoms with Crippen LogP contribution in [0.5, 0.6) is 11.5 Å². The van der Waals surface area contributed by atoms with Gasteiger partial charge in [0, 0.05) is 18.4 Å². The molecule has 0 saturated carbocycles. The molecule has 0 spiro atoms. The Morgan fingerprint density at radius 3 is 1.39 bits per heavy atom. The maximum Gasteiger partial charge on any atom is 0.311 e. The number of hydrogen-bond donors (Lipinski definition) is 0. The Bertz CT molecular complexity index is 897. The Morgan fingerprint density at radius 2 is 0.947 bits per heavy atom. The van der Waals surface area contributed by atoms with Crippen LogP contribution < -0.4 is 9.47 Å². The number of ether oxygens (including phenoxy) is 2. The summed E-state index contributed by atoms with van der Waals surface area (Å²) >= 11 is 0. The predicted octanol–water partition coefficient (Wildman–Crippen LogP) is 9.02. The summed E-state index contributed by atoms with van der Waals surface area (Å²) in [4.78, 5) is 32.8. The van der Waals surface area contributed by atoms with Gasteiger partial charge < -0.3 is 9.47 Å². The van der Waals surface area contributed by atoms with Gasteiger partial charge in [0.2, 0.25) is 0 Å². The van der Waals surface area contributed by atoms with Gasteiger partial charge >= 0.3 is 11.9 Å². The maximum absolute atomic E-state index is 12.2. The third-order valence-corrected chi connectivity index (χ3v) is 6.67. The van der Waals surface area contributed by atoms with Crippen LogP contribution in [0.15, 0.2) is 36.7 Å². The molecule has 0 unspecified atom stereocenters. The number of esters is 2. The van der Waals surface area contributed by atoms with Crippen LogP contribution in [-0.4, -0.2) is 21.9 Å². The number of aromatic nitrogens is 2. The van der Waals surface area contributed by atoms with Gasteiger partial charge in [0.05, 0.1) is 12.4 Å². The lowest BCUT2D eigenvalue weighted by molar-refractivity contribution is -0.135. The molecule has 0 aliphatic carbocycles. The van der Waals surface area contributed by atoms with E-state index in [0.29, 0.717) is 30.2 Å². The summed E-state index contributed by atoms with van der Waals surface area (Å²) in [6.45, 7) is 4.44. The van der Waals surface area contributed by atoms with E-state index in [-0.39, 0.29) is 11.9 Å². The first kappa shape index (κ1) is 31.5. The maximum atomic E-state index is 12.2. The fourth-order valence-electron chi connectivity index (χ4n) is 4.36. The Hall–Kier alpha value is -2.76. The highest BCUT2D eigenvalue weighted by Gasteiger charge is 2.09. The number of carbonyl (C=O) groups is 2. The standard InChI is InChI=1S/C32H48N2O4/c1-3-5-7-9-11-12-13-14-16-18-19-30(35)37-28-23-21-27(22-24-28)32-33-25-29(26-34-32)38-31(36)20-17-15-10-8-6-4-2/h21-26H,3-20H2,1-2H3. The summed E-state index contributed by atoms with van der Waals surface area (Å²) in [7, 11) is 0. The van der Waals surface area contributed by atoms with Crippen molar-refractivity contribution in [2.45, 2.75) is 129 Å². The van der Waals surface area contributed by atoms with E-state index < -0.39 is 0 Å². The summed E-state index contributed by atoms with van der Waals surface area (Å²) in [5.74, 6) is 0.943. The van der Waals surface area contributed by atoms with Crippen molar-refractivity contribution in [1.29, 1.82) is 0 Å². The molecule has 0 amide bonds. The van der Waals surface area contributed by atoms with Crippen molar-refractivity contribution in [2.24, 2.45) is 0 Å². The first-order valence-electron chi connectivity index (χ1n) is 15.0. The van der Waals surface area contributed by atoms with Gasteiger partial charge in [-0.15, -0.1) is 0 Å². The van der Waals surface area contributed by atoms with Gasteiger partial charge in [-0.25, -0.2) is 9.97 Å². The van der Waals surface area contributed by atoms with E-state index in [4.69, 9.17) is 9.47 Å². The second-order valence-electron chi connectivity index (χ2n) is 10.2. The van der Waals surface area contributed by atoms with E-state index in [9.17, 15) is 9.59 Å². The van der Waals surface area contributed by atoms with Gasteiger partial charge in [0.25, 0.3) is 0 Å². The zero-order valence-electron chi connectivity index (χ0n) is 23.7. The zero-order chi connectivity index (χ0) is 27.3. The highest BCUT2D eigenvalue weighted by molar-refractivity contribution is 5.73. The fourth-order valence-corrected chi connectivity index (χ4v) is 4.36. The van der Waals surface area contributed by atoms with Gasteiger partial charge in [0.1, 0.15) is 5.75 Å². The van der Waals surface area contributed by atoms with E-state index in [1.807, 2.05) is 12.1 Å². The molecule has 0 radical (unpaired) electrons. The molecule has 0 fully saturated rings. The summed E-state index contributed by atoms with van der Waals surface area (Å²) in [6, 6.07) is 7.15. The number of rotatable bonds is 21. The van der Waals surface area contributed by atoms with Crippen molar-refractivity contribution < 1.29 is 19.1 Å². The number of nitrogens with zero attached hydrogens (tertiary/aromatic N) is 2. The van der Waals surface area contributed by atoms with Crippen molar-refractivity contribution >= 4 is 11.9 Å². The Kier molecular flexibility index (Phi) is 16.8. The molecule has 1 aromatic carbocycles. The highest BCUT2D eigenvalue weighted by atomic mass is 16.5. The summed E-state index contributed by atoms with van der Waals surface area (Å²) < 4.78 is 10.8. The van der Waals surface area contributed by atoms with Crippen LogP contribution in [0.2, 0.25) is 0 Å². The smallest absolute Gasteiger partial charge is 0.311 e. The van der Waals surface area contributed by atoms with Crippen LogP contribution in [0.25, 0.3) is 11.4 Å². The van der Waals surface area contributed by atoms with Gasteiger partial charge in [-0.05, 0) is 37.1 Å².